The van der Waals surface area contributed by atoms with Gasteiger partial charge in [-0.1, -0.05) is 26.7 Å². The molecule has 22 heavy (non-hydrogen) atoms. The van der Waals surface area contributed by atoms with E-state index in [0.29, 0.717) is 18.1 Å². The summed E-state index contributed by atoms with van der Waals surface area (Å²) in [5.41, 5.74) is 0.206. The summed E-state index contributed by atoms with van der Waals surface area (Å²) >= 11 is 0. The van der Waals surface area contributed by atoms with Crippen LogP contribution in [0.15, 0.2) is 4.99 Å². The molecule has 1 aliphatic heterocycles. The Morgan fingerprint density at radius 1 is 1.27 bits per heavy atom. The molecule has 3 fully saturated rings. The Bertz CT molecular complexity index is 395. The number of ether oxygens (including phenoxy) is 1. The van der Waals surface area contributed by atoms with E-state index in [9.17, 15) is 0 Å². The second-order valence-corrected chi connectivity index (χ2v) is 7.53. The van der Waals surface area contributed by atoms with Gasteiger partial charge in [-0.25, -0.2) is 0 Å². The van der Waals surface area contributed by atoms with Gasteiger partial charge in [0.25, 0.3) is 0 Å². The Morgan fingerprint density at radius 3 is 2.73 bits per heavy atom. The Kier molecular flexibility index (Phi) is 6.39. The molecule has 2 saturated carbocycles. The molecule has 0 aromatic carbocycles. The van der Waals surface area contributed by atoms with E-state index in [-0.39, 0.29) is 29.4 Å². The highest BCUT2D eigenvalue weighted by Gasteiger charge is 2.58. The Hall–Kier alpha value is -0.0400. The van der Waals surface area contributed by atoms with Crippen molar-refractivity contribution in [3.8, 4) is 0 Å². The van der Waals surface area contributed by atoms with Crippen molar-refractivity contribution in [2.24, 2.45) is 22.2 Å². The van der Waals surface area contributed by atoms with Gasteiger partial charge in [-0.05, 0) is 32.1 Å². The van der Waals surface area contributed by atoms with Crippen LogP contribution in [0.5, 0.6) is 0 Å². The van der Waals surface area contributed by atoms with Crippen LogP contribution in [0.3, 0.4) is 0 Å². The zero-order chi connectivity index (χ0) is 14.9. The molecule has 0 bridgehead atoms. The van der Waals surface area contributed by atoms with Crippen molar-refractivity contribution in [1.82, 2.24) is 10.6 Å². The van der Waals surface area contributed by atoms with Crippen LogP contribution >= 0.6 is 24.0 Å². The highest BCUT2D eigenvalue weighted by molar-refractivity contribution is 14.0. The van der Waals surface area contributed by atoms with Gasteiger partial charge >= 0.3 is 0 Å². The van der Waals surface area contributed by atoms with Crippen LogP contribution in [0.4, 0.5) is 0 Å². The van der Waals surface area contributed by atoms with Crippen molar-refractivity contribution < 1.29 is 4.74 Å². The fraction of sp³-hybridized carbons (Fsp3) is 0.941. The highest BCUT2D eigenvalue weighted by atomic mass is 127. The van der Waals surface area contributed by atoms with Crippen LogP contribution in [0.25, 0.3) is 0 Å². The third-order valence-electron chi connectivity index (χ3n) is 5.47. The lowest BCUT2D eigenvalue weighted by atomic mass is 9.55. The first-order valence-electron chi connectivity index (χ1n) is 8.79. The van der Waals surface area contributed by atoms with Gasteiger partial charge in [-0.15, -0.1) is 24.0 Å². The van der Waals surface area contributed by atoms with Gasteiger partial charge in [0.1, 0.15) is 0 Å². The van der Waals surface area contributed by atoms with Gasteiger partial charge in [0, 0.05) is 37.1 Å². The summed E-state index contributed by atoms with van der Waals surface area (Å²) in [6, 6.07) is 0.488. The second-order valence-electron chi connectivity index (χ2n) is 7.53. The molecule has 2 aliphatic carbocycles. The predicted molar refractivity (Wildman–Crippen MR) is 102 cm³/mol. The summed E-state index contributed by atoms with van der Waals surface area (Å²) in [7, 11) is 0. The normalized spacial score (nSPS) is 33.2. The largest absolute Gasteiger partial charge is 0.377 e. The van der Waals surface area contributed by atoms with Gasteiger partial charge in [-0.3, -0.25) is 4.99 Å². The molecule has 128 valence electrons. The average molecular weight is 421 g/mol. The molecule has 3 unspecified atom stereocenters. The van der Waals surface area contributed by atoms with Crippen molar-refractivity contribution in [3.63, 3.8) is 0 Å². The molecule has 2 N–H and O–H groups in total. The fourth-order valence-corrected chi connectivity index (χ4v) is 4.05. The smallest absolute Gasteiger partial charge is 0.191 e. The summed E-state index contributed by atoms with van der Waals surface area (Å²) in [5.74, 6) is 2.61. The van der Waals surface area contributed by atoms with Crippen molar-refractivity contribution in [2.75, 3.05) is 19.7 Å². The third kappa shape index (κ3) is 3.89. The lowest BCUT2D eigenvalue weighted by Gasteiger charge is -2.60. The Labute approximate surface area is 152 Å². The summed E-state index contributed by atoms with van der Waals surface area (Å²) in [4.78, 5) is 4.77. The molecule has 4 nitrogen and oxygen atoms in total. The lowest BCUT2D eigenvalue weighted by Crippen LogP contribution is -2.71. The molecule has 3 atom stereocenters. The van der Waals surface area contributed by atoms with Gasteiger partial charge < -0.3 is 15.4 Å². The van der Waals surface area contributed by atoms with Crippen LogP contribution in [0.1, 0.15) is 52.9 Å². The number of aliphatic imine (C=N–C) groups is 1. The molecule has 0 aromatic rings. The van der Waals surface area contributed by atoms with E-state index >= 15 is 0 Å². The first-order valence-corrected chi connectivity index (χ1v) is 8.79. The summed E-state index contributed by atoms with van der Waals surface area (Å²) in [6.07, 6.45) is 6.99. The van der Waals surface area contributed by atoms with E-state index in [2.05, 4.69) is 31.4 Å². The second kappa shape index (κ2) is 7.69. The van der Waals surface area contributed by atoms with Crippen molar-refractivity contribution in [1.29, 1.82) is 0 Å². The standard InChI is InChI=1S/C17H31N3O.HI/c1-4-18-16(19-10-9-12-7-8-12)20-14-13-6-5-11-21-15(13)17(14,2)3;/h12-15H,4-11H2,1-3H3,(H2,18,19,20);1H. The number of guanidine groups is 1. The number of nitrogens with one attached hydrogen (secondary N) is 2. The number of rotatable bonds is 5. The number of halogens is 1. The zero-order valence-corrected chi connectivity index (χ0v) is 16.6. The lowest BCUT2D eigenvalue weighted by molar-refractivity contribution is -0.188. The maximum Gasteiger partial charge on any atom is 0.191 e. The summed E-state index contributed by atoms with van der Waals surface area (Å²) in [6.45, 7) is 9.60. The Balaban J connectivity index is 0.00000176. The summed E-state index contributed by atoms with van der Waals surface area (Å²) in [5, 5.41) is 7.10. The number of hydrogen-bond donors (Lipinski definition) is 2. The molecule has 0 radical (unpaired) electrons. The molecule has 3 aliphatic rings. The molecule has 1 heterocycles. The van der Waals surface area contributed by atoms with Gasteiger partial charge in [0.2, 0.25) is 0 Å². The van der Waals surface area contributed by atoms with Crippen LogP contribution in [0, 0.1) is 17.3 Å². The molecule has 5 heteroatoms. The molecular formula is C17H32IN3O. The first kappa shape index (κ1) is 18.3. The van der Waals surface area contributed by atoms with Crippen molar-refractivity contribution in [2.45, 2.75) is 65.0 Å². The van der Waals surface area contributed by atoms with E-state index in [1.807, 2.05) is 0 Å². The van der Waals surface area contributed by atoms with Crippen LogP contribution in [-0.2, 0) is 4.74 Å². The molecule has 0 spiro atoms. The van der Waals surface area contributed by atoms with E-state index in [0.717, 1.165) is 31.6 Å². The quantitative estimate of drug-likeness (QED) is 0.407. The minimum atomic E-state index is 0. The minimum absolute atomic E-state index is 0. The van der Waals surface area contributed by atoms with E-state index in [4.69, 9.17) is 9.73 Å². The Morgan fingerprint density at radius 2 is 2.05 bits per heavy atom. The average Bonchev–Trinajstić information content (AvgIpc) is 3.29. The molecular weight excluding hydrogens is 389 g/mol. The molecule has 1 saturated heterocycles. The van der Waals surface area contributed by atoms with E-state index < -0.39 is 0 Å². The number of fused-ring (bicyclic) bond motifs is 1. The van der Waals surface area contributed by atoms with Gasteiger partial charge in [0.15, 0.2) is 5.96 Å². The fourth-order valence-electron chi connectivity index (χ4n) is 4.05. The van der Waals surface area contributed by atoms with Crippen molar-refractivity contribution >= 4 is 29.9 Å². The van der Waals surface area contributed by atoms with Crippen molar-refractivity contribution in [3.05, 3.63) is 0 Å². The van der Waals surface area contributed by atoms with Crippen LogP contribution in [0.2, 0.25) is 0 Å². The van der Waals surface area contributed by atoms with Gasteiger partial charge in [-0.2, -0.15) is 0 Å². The SMILES string of the molecule is CCNC(=NCCC1CC1)NC1C2CCCOC2C1(C)C.I. The van der Waals surface area contributed by atoms with E-state index in [1.165, 1.54) is 32.1 Å². The zero-order valence-electron chi connectivity index (χ0n) is 14.2. The number of hydrogen-bond acceptors (Lipinski definition) is 2. The third-order valence-corrected chi connectivity index (χ3v) is 5.47. The topological polar surface area (TPSA) is 45.7 Å². The maximum atomic E-state index is 5.98. The summed E-state index contributed by atoms with van der Waals surface area (Å²) < 4.78 is 5.98. The van der Waals surface area contributed by atoms with E-state index in [1.54, 1.807) is 0 Å². The maximum absolute atomic E-state index is 5.98. The minimum Gasteiger partial charge on any atom is -0.377 e. The predicted octanol–water partition coefficient (Wildman–Crippen LogP) is 3.16. The molecule has 0 amide bonds. The first-order chi connectivity index (χ1) is 10.1. The van der Waals surface area contributed by atoms with Crippen LogP contribution < -0.4 is 10.6 Å². The molecule has 3 rings (SSSR count). The monoisotopic (exact) mass is 421 g/mol. The molecule has 0 aromatic heterocycles. The highest BCUT2D eigenvalue weighted by Crippen LogP contribution is 2.51. The van der Waals surface area contributed by atoms with Crippen LogP contribution in [-0.4, -0.2) is 37.8 Å². The number of nitrogens with zero attached hydrogens (tertiary/aromatic N) is 1. The van der Waals surface area contributed by atoms with Gasteiger partial charge in [0.05, 0.1) is 6.10 Å².